The van der Waals surface area contributed by atoms with E-state index in [2.05, 4.69) is 0 Å². The van der Waals surface area contributed by atoms with Crippen LogP contribution in [-0.2, 0) is 4.79 Å². The largest absolute Gasteiger partial charge is 0.494 e. The molecule has 22 heavy (non-hydrogen) atoms. The van der Waals surface area contributed by atoms with Gasteiger partial charge in [0.1, 0.15) is 17.4 Å². The Morgan fingerprint density at radius 3 is 1.77 bits per heavy atom. The van der Waals surface area contributed by atoms with Crippen molar-refractivity contribution in [3.8, 4) is 11.5 Å². The van der Waals surface area contributed by atoms with Crippen LogP contribution in [0.1, 0.15) is 30.9 Å². The molecule has 4 heteroatoms. The molecule has 0 heterocycles. The molecule has 0 aliphatic carbocycles. The molecule has 0 aliphatic rings. The molecule has 0 aromatic heterocycles. The Bertz CT molecular complexity index is 587. The van der Waals surface area contributed by atoms with Gasteiger partial charge in [-0.25, -0.2) is 0 Å². The number of carbonyl (C=O) groups is 1. The zero-order valence-corrected chi connectivity index (χ0v) is 12.8. The lowest BCUT2D eigenvalue weighted by atomic mass is 9.91. The van der Waals surface area contributed by atoms with Crippen LogP contribution in [0.4, 0.5) is 0 Å². The quantitative estimate of drug-likeness (QED) is 0.847. The van der Waals surface area contributed by atoms with Crippen molar-refractivity contribution in [2.24, 2.45) is 0 Å². The van der Waals surface area contributed by atoms with Crippen LogP contribution < -0.4 is 9.47 Å². The predicted molar refractivity (Wildman–Crippen MR) is 84.7 cm³/mol. The average Bonchev–Trinajstić information content (AvgIpc) is 2.49. The summed E-state index contributed by atoms with van der Waals surface area (Å²) in [7, 11) is 0. The molecule has 1 N–H and O–H groups in total. The topological polar surface area (TPSA) is 55.8 Å². The summed E-state index contributed by atoms with van der Waals surface area (Å²) in [5, 5.41) is 9.64. The van der Waals surface area contributed by atoms with Crippen LogP contribution in [0.2, 0.25) is 0 Å². The maximum Gasteiger partial charge on any atom is 0.315 e. The van der Waals surface area contributed by atoms with Crippen LogP contribution in [-0.4, -0.2) is 24.3 Å². The molecular formula is C18H20O4. The molecule has 0 bridgehead atoms. The molecule has 0 saturated heterocycles. The number of ether oxygens (including phenoxy) is 2. The minimum atomic E-state index is -0.901. The van der Waals surface area contributed by atoms with Gasteiger partial charge in [-0.15, -0.1) is 0 Å². The molecule has 0 atom stereocenters. The third-order valence-corrected chi connectivity index (χ3v) is 3.25. The Kier molecular flexibility index (Phi) is 5.42. The Morgan fingerprint density at radius 1 is 0.955 bits per heavy atom. The molecule has 0 amide bonds. The Hall–Kier alpha value is -2.49. The third kappa shape index (κ3) is 3.79. The van der Waals surface area contributed by atoms with Gasteiger partial charge >= 0.3 is 5.97 Å². The van der Waals surface area contributed by atoms with Crippen molar-refractivity contribution in [3.63, 3.8) is 0 Å². The van der Waals surface area contributed by atoms with E-state index in [1.54, 1.807) is 24.3 Å². The maximum atomic E-state index is 11.8. The van der Waals surface area contributed by atoms with E-state index < -0.39 is 11.9 Å². The number of carboxylic acid groups (broad SMARTS) is 1. The fourth-order valence-electron chi connectivity index (χ4n) is 2.38. The summed E-state index contributed by atoms with van der Waals surface area (Å²) in [6, 6.07) is 14.4. The van der Waals surface area contributed by atoms with Gasteiger partial charge in [-0.2, -0.15) is 0 Å². The lowest BCUT2D eigenvalue weighted by Gasteiger charge is -2.15. The van der Waals surface area contributed by atoms with Crippen LogP contribution >= 0.6 is 0 Å². The van der Waals surface area contributed by atoms with E-state index in [1.165, 1.54) is 0 Å². The molecular weight excluding hydrogens is 280 g/mol. The Morgan fingerprint density at radius 2 is 1.41 bits per heavy atom. The molecule has 0 radical (unpaired) electrons. The highest BCUT2D eigenvalue weighted by Gasteiger charge is 2.23. The summed E-state index contributed by atoms with van der Waals surface area (Å²) in [4.78, 5) is 11.8. The molecule has 0 spiro atoms. The maximum absolute atomic E-state index is 11.8. The summed E-state index contributed by atoms with van der Waals surface area (Å²) >= 11 is 0. The molecule has 0 unspecified atom stereocenters. The molecule has 116 valence electrons. The van der Waals surface area contributed by atoms with E-state index in [0.717, 1.165) is 0 Å². The number of hydrogen-bond acceptors (Lipinski definition) is 3. The van der Waals surface area contributed by atoms with Crippen LogP contribution in [0, 0.1) is 0 Å². The monoisotopic (exact) mass is 300 g/mol. The molecule has 0 saturated carbocycles. The first-order chi connectivity index (χ1) is 10.7. The number of benzene rings is 2. The lowest BCUT2D eigenvalue weighted by molar-refractivity contribution is -0.137. The Labute approximate surface area is 130 Å². The number of aliphatic carboxylic acids is 1. The van der Waals surface area contributed by atoms with Crippen molar-refractivity contribution < 1.29 is 19.4 Å². The van der Waals surface area contributed by atoms with Crippen molar-refractivity contribution in [2.75, 3.05) is 13.2 Å². The standard InChI is InChI=1S/C18H20O4/c1-3-21-15-9-5-7-13(11-15)17(18(19)20)14-8-6-10-16(12-14)22-4-2/h5-12,17H,3-4H2,1-2H3,(H,19,20). The van der Waals surface area contributed by atoms with Gasteiger partial charge in [0.25, 0.3) is 0 Å². The lowest BCUT2D eigenvalue weighted by Crippen LogP contribution is -2.13. The summed E-state index contributed by atoms with van der Waals surface area (Å²) in [5.74, 6) is -0.303. The smallest absolute Gasteiger partial charge is 0.315 e. The molecule has 2 aromatic rings. The second kappa shape index (κ2) is 7.50. The zero-order chi connectivity index (χ0) is 15.9. The van der Waals surface area contributed by atoms with Crippen molar-refractivity contribution in [1.29, 1.82) is 0 Å². The third-order valence-electron chi connectivity index (χ3n) is 3.25. The SMILES string of the molecule is CCOc1cccc(C(C(=O)O)c2cccc(OCC)c2)c1. The van der Waals surface area contributed by atoms with Gasteiger partial charge < -0.3 is 14.6 Å². The minimum Gasteiger partial charge on any atom is -0.494 e. The van der Waals surface area contributed by atoms with Gasteiger partial charge in [0.05, 0.1) is 13.2 Å². The molecule has 2 aromatic carbocycles. The van der Waals surface area contributed by atoms with Gasteiger partial charge in [0, 0.05) is 0 Å². The van der Waals surface area contributed by atoms with E-state index >= 15 is 0 Å². The second-order valence-electron chi connectivity index (χ2n) is 4.78. The number of carboxylic acids is 1. The second-order valence-corrected chi connectivity index (χ2v) is 4.78. The first-order valence-electron chi connectivity index (χ1n) is 7.34. The summed E-state index contributed by atoms with van der Waals surface area (Å²) in [6.45, 7) is 4.88. The highest BCUT2D eigenvalue weighted by Crippen LogP contribution is 2.29. The van der Waals surface area contributed by atoms with Gasteiger partial charge in [0.2, 0.25) is 0 Å². The van der Waals surface area contributed by atoms with E-state index in [9.17, 15) is 9.90 Å². The van der Waals surface area contributed by atoms with Crippen molar-refractivity contribution in [2.45, 2.75) is 19.8 Å². The number of rotatable bonds is 7. The molecule has 4 nitrogen and oxygen atoms in total. The van der Waals surface area contributed by atoms with Gasteiger partial charge in [-0.3, -0.25) is 4.79 Å². The summed E-state index contributed by atoms with van der Waals surface area (Å²) in [6.07, 6.45) is 0. The van der Waals surface area contributed by atoms with E-state index in [4.69, 9.17) is 9.47 Å². The van der Waals surface area contributed by atoms with Gasteiger partial charge in [-0.1, -0.05) is 24.3 Å². The highest BCUT2D eigenvalue weighted by molar-refractivity contribution is 5.80. The van der Waals surface area contributed by atoms with E-state index in [1.807, 2.05) is 38.1 Å². The minimum absolute atomic E-state index is 0.543. The van der Waals surface area contributed by atoms with Gasteiger partial charge in [-0.05, 0) is 49.2 Å². The molecule has 0 fully saturated rings. The molecule has 0 aliphatic heterocycles. The van der Waals surface area contributed by atoms with Crippen molar-refractivity contribution >= 4 is 5.97 Å². The van der Waals surface area contributed by atoms with E-state index in [-0.39, 0.29) is 0 Å². The normalized spacial score (nSPS) is 10.5. The zero-order valence-electron chi connectivity index (χ0n) is 12.8. The summed E-state index contributed by atoms with van der Waals surface area (Å²) < 4.78 is 10.9. The van der Waals surface area contributed by atoms with Crippen molar-refractivity contribution in [3.05, 3.63) is 59.7 Å². The van der Waals surface area contributed by atoms with Crippen LogP contribution in [0.25, 0.3) is 0 Å². The number of hydrogen-bond donors (Lipinski definition) is 1. The first-order valence-corrected chi connectivity index (χ1v) is 7.34. The highest BCUT2D eigenvalue weighted by atomic mass is 16.5. The predicted octanol–water partition coefficient (Wildman–Crippen LogP) is 3.70. The first kappa shape index (κ1) is 15.9. The van der Waals surface area contributed by atoms with Gasteiger partial charge in [0.15, 0.2) is 0 Å². The van der Waals surface area contributed by atoms with Crippen LogP contribution in [0.5, 0.6) is 11.5 Å². The van der Waals surface area contributed by atoms with Crippen molar-refractivity contribution in [1.82, 2.24) is 0 Å². The van der Waals surface area contributed by atoms with E-state index in [0.29, 0.717) is 35.8 Å². The molecule has 2 rings (SSSR count). The average molecular weight is 300 g/mol. The Balaban J connectivity index is 2.40. The fourth-order valence-corrected chi connectivity index (χ4v) is 2.38. The summed E-state index contributed by atoms with van der Waals surface area (Å²) in [5.41, 5.74) is 1.37. The van der Waals surface area contributed by atoms with Crippen LogP contribution in [0.15, 0.2) is 48.5 Å². The van der Waals surface area contributed by atoms with Crippen LogP contribution in [0.3, 0.4) is 0 Å². The fraction of sp³-hybridized carbons (Fsp3) is 0.278.